The van der Waals surface area contributed by atoms with E-state index in [0.29, 0.717) is 18.4 Å². The van der Waals surface area contributed by atoms with Crippen LogP contribution >= 0.6 is 0 Å². The van der Waals surface area contributed by atoms with Gasteiger partial charge in [-0.2, -0.15) is 0 Å². The van der Waals surface area contributed by atoms with Crippen LogP contribution in [0.4, 0.5) is 0 Å². The van der Waals surface area contributed by atoms with Crippen molar-refractivity contribution in [3.05, 3.63) is 0 Å². The predicted molar refractivity (Wildman–Crippen MR) is 76.0 cm³/mol. The Morgan fingerprint density at radius 3 is 2.84 bits per heavy atom. The largest absolute Gasteiger partial charge is 0.381 e. The normalized spacial score (nSPS) is 30.8. The molecule has 2 unspecified atom stereocenters. The zero-order chi connectivity index (χ0) is 13.7. The van der Waals surface area contributed by atoms with E-state index >= 15 is 0 Å². The van der Waals surface area contributed by atoms with Crippen molar-refractivity contribution in [2.75, 3.05) is 26.3 Å². The fourth-order valence-electron chi connectivity index (χ4n) is 3.01. The van der Waals surface area contributed by atoms with Crippen LogP contribution in [0.1, 0.15) is 46.0 Å². The van der Waals surface area contributed by atoms with Crippen molar-refractivity contribution in [1.29, 1.82) is 0 Å². The summed E-state index contributed by atoms with van der Waals surface area (Å²) in [5.74, 6) is 0.803. The number of carbonyl (C=O) groups is 1. The second-order valence-electron chi connectivity index (χ2n) is 6.58. The lowest BCUT2D eigenvalue weighted by molar-refractivity contribution is -0.122. The molecule has 2 heterocycles. The van der Waals surface area contributed by atoms with Crippen molar-refractivity contribution in [2.24, 2.45) is 11.3 Å². The van der Waals surface area contributed by atoms with Gasteiger partial charge in [0.25, 0.3) is 0 Å². The first-order chi connectivity index (χ1) is 9.09. The van der Waals surface area contributed by atoms with E-state index in [2.05, 4.69) is 24.5 Å². The minimum absolute atomic E-state index is 0.193. The Morgan fingerprint density at radius 2 is 2.16 bits per heavy atom. The lowest BCUT2D eigenvalue weighted by atomic mass is 9.82. The summed E-state index contributed by atoms with van der Waals surface area (Å²) >= 11 is 0. The standard InChI is InChI=1S/C15H28N2O2/c1-12-4-3-7-16-13(12)10-14(18)17-11-15(2)5-8-19-9-6-15/h12-13,16H,3-11H2,1-2H3,(H,17,18). The van der Waals surface area contributed by atoms with Gasteiger partial charge in [0.2, 0.25) is 5.91 Å². The first kappa shape index (κ1) is 14.8. The van der Waals surface area contributed by atoms with Crippen molar-refractivity contribution in [3.63, 3.8) is 0 Å². The average molecular weight is 268 g/mol. The van der Waals surface area contributed by atoms with Gasteiger partial charge in [0, 0.05) is 32.2 Å². The number of rotatable bonds is 4. The van der Waals surface area contributed by atoms with E-state index < -0.39 is 0 Å². The Bertz CT molecular complexity index is 301. The molecular formula is C15H28N2O2. The molecule has 2 fully saturated rings. The van der Waals surface area contributed by atoms with Gasteiger partial charge in [-0.25, -0.2) is 0 Å². The first-order valence-corrected chi connectivity index (χ1v) is 7.67. The van der Waals surface area contributed by atoms with Crippen molar-refractivity contribution in [3.8, 4) is 0 Å². The summed E-state index contributed by atoms with van der Waals surface area (Å²) in [5, 5.41) is 6.59. The smallest absolute Gasteiger partial charge is 0.221 e. The number of amides is 1. The molecule has 4 heteroatoms. The number of nitrogens with one attached hydrogen (secondary N) is 2. The molecule has 0 aliphatic carbocycles. The van der Waals surface area contributed by atoms with Crippen LogP contribution in [-0.2, 0) is 9.53 Å². The summed E-state index contributed by atoms with van der Waals surface area (Å²) in [5.41, 5.74) is 0.222. The molecule has 2 N–H and O–H groups in total. The Balaban J connectivity index is 1.71. The maximum Gasteiger partial charge on any atom is 0.221 e. The molecule has 2 atom stereocenters. The van der Waals surface area contributed by atoms with Gasteiger partial charge in [0.05, 0.1) is 0 Å². The molecule has 0 aromatic heterocycles. The summed E-state index contributed by atoms with van der Waals surface area (Å²) in [4.78, 5) is 12.1. The summed E-state index contributed by atoms with van der Waals surface area (Å²) in [6.45, 7) is 7.98. The summed E-state index contributed by atoms with van der Waals surface area (Å²) in [7, 11) is 0. The van der Waals surface area contributed by atoms with Crippen LogP contribution in [0.15, 0.2) is 0 Å². The number of carbonyl (C=O) groups excluding carboxylic acids is 1. The van der Waals surface area contributed by atoms with E-state index in [1.165, 1.54) is 12.8 Å². The van der Waals surface area contributed by atoms with Gasteiger partial charge in [0.1, 0.15) is 0 Å². The molecule has 2 saturated heterocycles. The second kappa shape index (κ2) is 6.71. The topological polar surface area (TPSA) is 50.4 Å². The number of piperidine rings is 1. The quantitative estimate of drug-likeness (QED) is 0.816. The Hall–Kier alpha value is -0.610. The van der Waals surface area contributed by atoms with E-state index in [9.17, 15) is 4.79 Å². The predicted octanol–water partition coefficient (Wildman–Crippen LogP) is 1.70. The average Bonchev–Trinajstić information content (AvgIpc) is 2.40. The molecule has 0 bridgehead atoms. The second-order valence-corrected chi connectivity index (χ2v) is 6.58. The lowest BCUT2D eigenvalue weighted by Gasteiger charge is -2.34. The van der Waals surface area contributed by atoms with Crippen molar-refractivity contribution in [2.45, 2.75) is 52.0 Å². The third-order valence-corrected chi connectivity index (χ3v) is 4.75. The van der Waals surface area contributed by atoms with E-state index in [4.69, 9.17) is 4.74 Å². The molecular weight excluding hydrogens is 240 g/mol. The minimum atomic E-state index is 0.193. The molecule has 2 rings (SSSR count). The molecule has 1 amide bonds. The Morgan fingerprint density at radius 1 is 1.42 bits per heavy atom. The molecule has 4 nitrogen and oxygen atoms in total. The summed E-state index contributed by atoms with van der Waals surface area (Å²) in [6, 6.07) is 0.358. The fraction of sp³-hybridized carbons (Fsp3) is 0.933. The third-order valence-electron chi connectivity index (χ3n) is 4.75. The van der Waals surface area contributed by atoms with Crippen LogP contribution in [0.5, 0.6) is 0 Å². The lowest BCUT2D eigenvalue weighted by Crippen LogP contribution is -2.45. The monoisotopic (exact) mass is 268 g/mol. The van der Waals surface area contributed by atoms with Gasteiger partial charge in [-0.3, -0.25) is 4.79 Å². The maximum absolute atomic E-state index is 12.1. The molecule has 2 aliphatic heterocycles. The van der Waals surface area contributed by atoms with Crippen molar-refractivity contribution < 1.29 is 9.53 Å². The Labute approximate surface area is 116 Å². The molecule has 110 valence electrons. The molecule has 0 aromatic carbocycles. The van der Waals surface area contributed by atoms with Gasteiger partial charge in [-0.05, 0) is 43.6 Å². The highest BCUT2D eigenvalue weighted by molar-refractivity contribution is 5.76. The number of hydrogen-bond acceptors (Lipinski definition) is 3. The van der Waals surface area contributed by atoms with Crippen molar-refractivity contribution >= 4 is 5.91 Å². The summed E-state index contributed by atoms with van der Waals surface area (Å²) < 4.78 is 5.38. The van der Waals surface area contributed by atoms with Crippen molar-refractivity contribution in [1.82, 2.24) is 10.6 Å². The molecule has 19 heavy (non-hydrogen) atoms. The minimum Gasteiger partial charge on any atom is -0.381 e. The molecule has 0 saturated carbocycles. The number of hydrogen-bond donors (Lipinski definition) is 2. The van der Waals surface area contributed by atoms with Gasteiger partial charge in [-0.15, -0.1) is 0 Å². The van der Waals surface area contributed by atoms with Crippen LogP contribution < -0.4 is 10.6 Å². The zero-order valence-electron chi connectivity index (χ0n) is 12.3. The molecule has 2 aliphatic rings. The number of ether oxygens (including phenoxy) is 1. The van der Waals surface area contributed by atoms with Crippen LogP contribution in [0.2, 0.25) is 0 Å². The van der Waals surface area contributed by atoms with Gasteiger partial charge >= 0.3 is 0 Å². The zero-order valence-corrected chi connectivity index (χ0v) is 12.3. The van der Waals surface area contributed by atoms with Crippen LogP contribution in [0.25, 0.3) is 0 Å². The SMILES string of the molecule is CC1CCCNC1CC(=O)NCC1(C)CCOCC1. The van der Waals surface area contributed by atoms with Crippen LogP contribution in [0, 0.1) is 11.3 Å². The van der Waals surface area contributed by atoms with Crippen LogP contribution in [-0.4, -0.2) is 38.3 Å². The molecule has 0 aromatic rings. The van der Waals surface area contributed by atoms with E-state index in [0.717, 1.165) is 39.1 Å². The highest BCUT2D eigenvalue weighted by Gasteiger charge is 2.29. The van der Waals surface area contributed by atoms with Gasteiger partial charge in [-0.1, -0.05) is 13.8 Å². The molecule has 0 radical (unpaired) electrons. The van der Waals surface area contributed by atoms with E-state index in [-0.39, 0.29) is 11.3 Å². The van der Waals surface area contributed by atoms with E-state index in [1.807, 2.05) is 0 Å². The fourth-order valence-corrected chi connectivity index (χ4v) is 3.01. The van der Waals surface area contributed by atoms with E-state index in [1.54, 1.807) is 0 Å². The molecule has 0 spiro atoms. The van der Waals surface area contributed by atoms with Gasteiger partial charge in [0.15, 0.2) is 0 Å². The highest BCUT2D eigenvalue weighted by atomic mass is 16.5. The summed E-state index contributed by atoms with van der Waals surface area (Å²) in [6.07, 6.45) is 5.18. The Kier molecular flexibility index (Phi) is 5.22. The first-order valence-electron chi connectivity index (χ1n) is 7.67. The third kappa shape index (κ3) is 4.46. The van der Waals surface area contributed by atoms with Gasteiger partial charge < -0.3 is 15.4 Å². The van der Waals surface area contributed by atoms with Crippen LogP contribution in [0.3, 0.4) is 0 Å². The highest BCUT2D eigenvalue weighted by Crippen LogP contribution is 2.28. The maximum atomic E-state index is 12.1.